The third-order valence-corrected chi connectivity index (χ3v) is 3.81. The first-order valence-corrected chi connectivity index (χ1v) is 7.55. The van der Waals surface area contributed by atoms with Gasteiger partial charge in [-0.05, 0) is 24.6 Å². The van der Waals surface area contributed by atoms with Crippen LogP contribution < -0.4 is 5.73 Å². The van der Waals surface area contributed by atoms with Crippen molar-refractivity contribution in [1.82, 2.24) is 19.6 Å². The van der Waals surface area contributed by atoms with Crippen LogP contribution in [0.5, 0.6) is 0 Å². The van der Waals surface area contributed by atoms with Crippen molar-refractivity contribution < 1.29 is 0 Å². The molecule has 3 aromatic rings. The zero-order valence-electron chi connectivity index (χ0n) is 11.7. The van der Waals surface area contributed by atoms with E-state index in [1.165, 1.54) is 5.56 Å². The molecule has 0 radical (unpaired) electrons. The van der Waals surface area contributed by atoms with Crippen LogP contribution in [-0.2, 0) is 13.1 Å². The summed E-state index contributed by atoms with van der Waals surface area (Å²) in [5.41, 5.74) is 9.65. The van der Waals surface area contributed by atoms with Crippen molar-refractivity contribution in [3.63, 3.8) is 0 Å². The maximum absolute atomic E-state index is 6.07. The maximum atomic E-state index is 6.07. The minimum absolute atomic E-state index is 0.669. The Labute approximate surface area is 131 Å². The minimum atomic E-state index is 0.669. The Hall–Kier alpha value is -2.08. The molecule has 2 heterocycles. The molecule has 2 N–H and O–H groups in total. The van der Waals surface area contributed by atoms with Gasteiger partial charge in [-0.2, -0.15) is 10.2 Å². The molecular formula is C15H16BrN5. The smallest absolute Gasteiger partial charge is 0.118 e. The van der Waals surface area contributed by atoms with Gasteiger partial charge in [0.2, 0.25) is 0 Å². The summed E-state index contributed by atoms with van der Waals surface area (Å²) in [6.45, 7) is 3.57. The van der Waals surface area contributed by atoms with Crippen molar-refractivity contribution in [2.24, 2.45) is 0 Å². The largest absolute Gasteiger partial charge is 0.396 e. The molecule has 21 heavy (non-hydrogen) atoms. The summed E-state index contributed by atoms with van der Waals surface area (Å²) in [5.74, 6) is 0. The van der Waals surface area contributed by atoms with Gasteiger partial charge in [0.25, 0.3) is 0 Å². The van der Waals surface area contributed by atoms with Crippen LogP contribution in [0.25, 0.3) is 11.3 Å². The van der Waals surface area contributed by atoms with Crippen LogP contribution in [0, 0.1) is 0 Å². The summed E-state index contributed by atoms with van der Waals surface area (Å²) < 4.78 is 4.79. The molecule has 0 bridgehead atoms. The number of aromatic nitrogens is 4. The zero-order valence-corrected chi connectivity index (χ0v) is 13.3. The second-order valence-corrected chi connectivity index (χ2v) is 5.76. The monoisotopic (exact) mass is 345 g/mol. The Morgan fingerprint density at radius 3 is 2.57 bits per heavy atom. The lowest BCUT2D eigenvalue weighted by Crippen LogP contribution is -2.00. The molecule has 1 aromatic carbocycles. The zero-order chi connectivity index (χ0) is 14.8. The third-order valence-electron chi connectivity index (χ3n) is 3.28. The Morgan fingerprint density at radius 1 is 1.14 bits per heavy atom. The van der Waals surface area contributed by atoms with Gasteiger partial charge in [0, 0.05) is 29.0 Å². The lowest BCUT2D eigenvalue weighted by Gasteiger charge is -2.01. The summed E-state index contributed by atoms with van der Waals surface area (Å²) in [6, 6.07) is 8.18. The quantitative estimate of drug-likeness (QED) is 0.789. The van der Waals surface area contributed by atoms with Crippen LogP contribution >= 0.6 is 15.9 Å². The first-order valence-electron chi connectivity index (χ1n) is 6.76. The number of halogens is 1. The van der Waals surface area contributed by atoms with E-state index < -0.39 is 0 Å². The van der Waals surface area contributed by atoms with Gasteiger partial charge in [0.05, 0.1) is 18.4 Å². The number of aryl methyl sites for hydroxylation is 1. The summed E-state index contributed by atoms with van der Waals surface area (Å²) >= 11 is 3.43. The highest BCUT2D eigenvalue weighted by Crippen LogP contribution is 2.24. The first kappa shape index (κ1) is 13.9. The number of rotatable bonds is 4. The topological polar surface area (TPSA) is 61.7 Å². The highest BCUT2D eigenvalue weighted by atomic mass is 79.9. The second kappa shape index (κ2) is 5.73. The van der Waals surface area contributed by atoms with Gasteiger partial charge in [-0.15, -0.1) is 0 Å². The standard InChI is InChI=1S/C15H16BrN5/c1-2-20-9-12(7-18-20)15-14(17)10-21(19-15)8-11-3-5-13(16)6-4-11/h3-7,9-10H,2,8,17H2,1H3. The third kappa shape index (κ3) is 3.00. The molecule has 0 amide bonds. The number of hydrogen-bond acceptors (Lipinski definition) is 3. The molecule has 108 valence electrons. The molecule has 5 nitrogen and oxygen atoms in total. The molecule has 0 atom stereocenters. The lowest BCUT2D eigenvalue weighted by atomic mass is 10.2. The molecule has 0 spiro atoms. The molecule has 0 aliphatic heterocycles. The average Bonchev–Trinajstić information content (AvgIpc) is 3.08. The number of benzene rings is 1. The molecule has 3 rings (SSSR count). The Balaban J connectivity index is 1.85. The number of nitrogen functional groups attached to an aromatic ring is 1. The van der Waals surface area contributed by atoms with Gasteiger partial charge in [0.15, 0.2) is 0 Å². The molecule has 2 aromatic heterocycles. The van der Waals surface area contributed by atoms with Crippen LogP contribution in [0.4, 0.5) is 5.69 Å². The van der Waals surface area contributed by atoms with Crippen molar-refractivity contribution in [1.29, 1.82) is 0 Å². The number of nitrogens with two attached hydrogens (primary N) is 1. The van der Waals surface area contributed by atoms with E-state index in [1.54, 1.807) is 6.20 Å². The predicted molar refractivity (Wildman–Crippen MR) is 86.8 cm³/mol. The average molecular weight is 346 g/mol. The molecule has 0 aliphatic carbocycles. The summed E-state index contributed by atoms with van der Waals surface area (Å²) in [6.07, 6.45) is 5.62. The normalized spacial score (nSPS) is 11.0. The van der Waals surface area contributed by atoms with Gasteiger partial charge in [-0.3, -0.25) is 9.36 Å². The highest BCUT2D eigenvalue weighted by Gasteiger charge is 2.10. The van der Waals surface area contributed by atoms with Crippen molar-refractivity contribution in [2.45, 2.75) is 20.0 Å². The Bertz CT molecular complexity index is 742. The molecule has 6 heteroatoms. The molecule has 0 unspecified atom stereocenters. The van der Waals surface area contributed by atoms with Gasteiger partial charge >= 0.3 is 0 Å². The summed E-state index contributed by atoms with van der Waals surface area (Å²) in [4.78, 5) is 0. The van der Waals surface area contributed by atoms with E-state index in [4.69, 9.17) is 5.73 Å². The lowest BCUT2D eigenvalue weighted by molar-refractivity contribution is 0.660. The van der Waals surface area contributed by atoms with E-state index in [1.807, 2.05) is 40.8 Å². The second-order valence-electron chi connectivity index (χ2n) is 4.84. The molecule has 0 fully saturated rings. The van der Waals surface area contributed by atoms with Gasteiger partial charge in [-0.25, -0.2) is 0 Å². The SMILES string of the molecule is CCn1cc(-c2nn(Cc3ccc(Br)cc3)cc2N)cn1. The van der Waals surface area contributed by atoms with Crippen LogP contribution in [0.2, 0.25) is 0 Å². The molecule has 0 aliphatic rings. The van der Waals surface area contributed by atoms with Crippen LogP contribution in [0.3, 0.4) is 0 Å². The number of anilines is 1. The highest BCUT2D eigenvalue weighted by molar-refractivity contribution is 9.10. The first-order chi connectivity index (χ1) is 10.2. The summed E-state index contributed by atoms with van der Waals surface area (Å²) in [5, 5.41) is 8.83. The fraction of sp³-hybridized carbons (Fsp3) is 0.200. The van der Waals surface area contributed by atoms with Crippen LogP contribution in [0.15, 0.2) is 47.3 Å². The van der Waals surface area contributed by atoms with Crippen molar-refractivity contribution >= 4 is 21.6 Å². The fourth-order valence-electron chi connectivity index (χ4n) is 2.18. The Kier molecular flexibility index (Phi) is 3.79. The van der Waals surface area contributed by atoms with Gasteiger partial charge in [-0.1, -0.05) is 28.1 Å². The van der Waals surface area contributed by atoms with Gasteiger partial charge < -0.3 is 5.73 Å². The molecule has 0 saturated heterocycles. The number of nitrogens with zero attached hydrogens (tertiary/aromatic N) is 4. The van der Waals surface area contributed by atoms with Crippen LogP contribution in [0.1, 0.15) is 12.5 Å². The Morgan fingerprint density at radius 2 is 1.90 bits per heavy atom. The predicted octanol–water partition coefficient (Wildman–Crippen LogP) is 3.16. The van der Waals surface area contributed by atoms with E-state index in [9.17, 15) is 0 Å². The van der Waals surface area contributed by atoms with Crippen molar-refractivity contribution in [3.05, 3.63) is 52.9 Å². The number of hydrogen-bond donors (Lipinski definition) is 1. The fourth-order valence-corrected chi connectivity index (χ4v) is 2.44. The maximum Gasteiger partial charge on any atom is 0.118 e. The van der Waals surface area contributed by atoms with E-state index in [0.717, 1.165) is 22.3 Å². The summed E-state index contributed by atoms with van der Waals surface area (Å²) in [7, 11) is 0. The molecular weight excluding hydrogens is 330 g/mol. The van der Waals surface area contributed by atoms with E-state index in [-0.39, 0.29) is 0 Å². The minimum Gasteiger partial charge on any atom is -0.396 e. The van der Waals surface area contributed by atoms with E-state index >= 15 is 0 Å². The van der Waals surface area contributed by atoms with Gasteiger partial charge in [0.1, 0.15) is 5.69 Å². The van der Waals surface area contributed by atoms with Crippen LogP contribution in [-0.4, -0.2) is 19.6 Å². The van der Waals surface area contributed by atoms with Crippen molar-refractivity contribution in [2.75, 3.05) is 5.73 Å². The van der Waals surface area contributed by atoms with E-state index in [2.05, 4.69) is 38.3 Å². The molecule has 0 saturated carbocycles. The van der Waals surface area contributed by atoms with E-state index in [0.29, 0.717) is 12.2 Å². The van der Waals surface area contributed by atoms with Crippen molar-refractivity contribution in [3.8, 4) is 11.3 Å².